The second-order valence-electron chi connectivity index (χ2n) is 7.50. The number of fused-ring (bicyclic) bond motifs is 1. The number of likely N-dealkylation sites (tertiary alicyclic amines) is 1. The minimum absolute atomic E-state index is 0.271. The van der Waals surface area contributed by atoms with E-state index in [1.54, 1.807) is 0 Å². The molecule has 0 bridgehead atoms. The lowest BCUT2D eigenvalue weighted by Crippen LogP contribution is -2.47. The van der Waals surface area contributed by atoms with Crippen LogP contribution >= 0.6 is 0 Å². The highest BCUT2D eigenvalue weighted by molar-refractivity contribution is 5.80. The number of aryl methyl sites for hydroxylation is 1. The molecule has 2 aromatic heterocycles. The van der Waals surface area contributed by atoms with Crippen molar-refractivity contribution in [1.82, 2.24) is 19.6 Å². The van der Waals surface area contributed by atoms with Gasteiger partial charge in [-0.15, -0.1) is 0 Å². The van der Waals surface area contributed by atoms with Gasteiger partial charge in [-0.3, -0.25) is 4.99 Å². The molecule has 0 amide bonds. The normalized spacial score (nSPS) is 15.7. The van der Waals surface area contributed by atoms with E-state index in [9.17, 15) is 0 Å². The standard InChI is InChI=1S/C23H29N5O/c1-18-7-6-14-28-17-19(26-22(18)28)10-13-25-23(24-2)27-15-11-21(12-16-27)29-20-8-4-3-5-9-20/h3-9,14,17,21H,10-13,15-16H2,1-2H3,(H,24,25). The fourth-order valence-corrected chi connectivity index (χ4v) is 3.84. The Balaban J connectivity index is 1.26. The fraction of sp³-hybridized carbons (Fsp3) is 0.391. The number of aliphatic imine (C=N–C) groups is 1. The molecule has 4 rings (SSSR count). The summed E-state index contributed by atoms with van der Waals surface area (Å²) < 4.78 is 8.19. The predicted octanol–water partition coefficient (Wildman–Crippen LogP) is 3.30. The highest BCUT2D eigenvalue weighted by atomic mass is 16.5. The van der Waals surface area contributed by atoms with E-state index >= 15 is 0 Å². The largest absolute Gasteiger partial charge is 0.490 e. The summed E-state index contributed by atoms with van der Waals surface area (Å²) in [7, 11) is 1.85. The van der Waals surface area contributed by atoms with Gasteiger partial charge in [-0.2, -0.15) is 0 Å². The van der Waals surface area contributed by atoms with E-state index in [0.717, 1.165) is 61.9 Å². The van der Waals surface area contributed by atoms with Crippen LogP contribution in [0.25, 0.3) is 5.65 Å². The number of para-hydroxylation sites is 1. The lowest BCUT2D eigenvalue weighted by atomic mass is 10.1. The molecule has 1 N–H and O–H groups in total. The number of benzene rings is 1. The van der Waals surface area contributed by atoms with Crippen LogP contribution in [0.2, 0.25) is 0 Å². The molecule has 0 spiro atoms. The summed E-state index contributed by atoms with van der Waals surface area (Å²) in [6.07, 6.45) is 7.30. The van der Waals surface area contributed by atoms with Crippen molar-refractivity contribution >= 4 is 11.6 Å². The Morgan fingerprint density at radius 3 is 2.69 bits per heavy atom. The van der Waals surface area contributed by atoms with Gasteiger partial charge in [-0.25, -0.2) is 4.98 Å². The number of ether oxygens (including phenoxy) is 1. The molecule has 0 atom stereocenters. The van der Waals surface area contributed by atoms with Crippen molar-refractivity contribution in [1.29, 1.82) is 0 Å². The SMILES string of the molecule is CN=C(NCCc1cn2cccc(C)c2n1)N1CCC(Oc2ccccc2)CC1. The van der Waals surface area contributed by atoms with Gasteiger partial charge in [0.2, 0.25) is 0 Å². The lowest BCUT2D eigenvalue weighted by Gasteiger charge is -2.34. The minimum Gasteiger partial charge on any atom is -0.490 e. The third-order valence-electron chi connectivity index (χ3n) is 5.39. The molecule has 3 aromatic rings. The molecule has 0 unspecified atom stereocenters. The van der Waals surface area contributed by atoms with Gasteiger partial charge in [-0.05, 0) is 30.7 Å². The maximum atomic E-state index is 6.10. The molecule has 1 aliphatic rings. The van der Waals surface area contributed by atoms with E-state index in [4.69, 9.17) is 9.72 Å². The van der Waals surface area contributed by atoms with Crippen LogP contribution in [0.3, 0.4) is 0 Å². The number of hydrogen-bond donors (Lipinski definition) is 1. The number of hydrogen-bond acceptors (Lipinski definition) is 3. The molecule has 0 aliphatic carbocycles. The monoisotopic (exact) mass is 391 g/mol. The molecule has 6 heteroatoms. The third-order valence-corrected chi connectivity index (χ3v) is 5.39. The molecule has 1 aliphatic heterocycles. The zero-order chi connectivity index (χ0) is 20.1. The minimum atomic E-state index is 0.271. The van der Waals surface area contributed by atoms with Crippen LogP contribution in [0.15, 0.2) is 59.9 Å². The average molecular weight is 392 g/mol. The first-order valence-corrected chi connectivity index (χ1v) is 10.3. The summed E-state index contributed by atoms with van der Waals surface area (Å²) in [5.41, 5.74) is 3.33. The first-order valence-electron chi connectivity index (χ1n) is 10.3. The molecular weight excluding hydrogens is 362 g/mol. The Bertz CT molecular complexity index is 958. The first-order chi connectivity index (χ1) is 14.2. The molecule has 1 aromatic carbocycles. The molecule has 1 fully saturated rings. The first kappa shape index (κ1) is 19.3. The van der Waals surface area contributed by atoms with E-state index in [1.807, 2.05) is 43.6 Å². The maximum Gasteiger partial charge on any atom is 0.193 e. The number of pyridine rings is 1. The summed E-state index contributed by atoms with van der Waals surface area (Å²) in [6.45, 7) is 4.81. The van der Waals surface area contributed by atoms with Crippen LogP contribution in [-0.2, 0) is 6.42 Å². The van der Waals surface area contributed by atoms with Crippen LogP contribution in [0.5, 0.6) is 5.75 Å². The van der Waals surface area contributed by atoms with Crippen molar-refractivity contribution in [2.24, 2.45) is 4.99 Å². The highest BCUT2D eigenvalue weighted by Crippen LogP contribution is 2.18. The third kappa shape index (κ3) is 4.70. The van der Waals surface area contributed by atoms with E-state index in [1.165, 1.54) is 5.56 Å². The van der Waals surface area contributed by atoms with Crippen LogP contribution in [0.4, 0.5) is 0 Å². The zero-order valence-electron chi connectivity index (χ0n) is 17.2. The number of rotatable bonds is 5. The van der Waals surface area contributed by atoms with E-state index in [-0.39, 0.29) is 6.10 Å². The molecule has 6 nitrogen and oxygen atoms in total. The Kier molecular flexibility index (Phi) is 5.98. The van der Waals surface area contributed by atoms with E-state index in [2.05, 4.69) is 44.9 Å². The van der Waals surface area contributed by atoms with Gasteiger partial charge in [0.25, 0.3) is 0 Å². The highest BCUT2D eigenvalue weighted by Gasteiger charge is 2.22. The summed E-state index contributed by atoms with van der Waals surface area (Å²) in [4.78, 5) is 11.5. The van der Waals surface area contributed by atoms with E-state index in [0.29, 0.717) is 0 Å². The number of guanidine groups is 1. The summed E-state index contributed by atoms with van der Waals surface area (Å²) in [6, 6.07) is 14.2. The van der Waals surface area contributed by atoms with Crippen molar-refractivity contribution in [3.8, 4) is 5.75 Å². The lowest BCUT2D eigenvalue weighted by molar-refractivity contribution is 0.129. The fourth-order valence-electron chi connectivity index (χ4n) is 3.84. The number of aromatic nitrogens is 2. The Morgan fingerprint density at radius 1 is 1.17 bits per heavy atom. The molecule has 0 saturated carbocycles. The van der Waals surface area contributed by atoms with Crippen LogP contribution in [0.1, 0.15) is 24.1 Å². The van der Waals surface area contributed by atoms with Crippen LogP contribution in [-0.4, -0.2) is 53.0 Å². The topological polar surface area (TPSA) is 54.2 Å². The van der Waals surface area contributed by atoms with E-state index < -0.39 is 0 Å². The van der Waals surface area contributed by atoms with Gasteiger partial charge < -0.3 is 19.4 Å². The average Bonchev–Trinajstić information content (AvgIpc) is 3.17. The zero-order valence-corrected chi connectivity index (χ0v) is 17.2. The van der Waals surface area contributed by atoms with Gasteiger partial charge in [0.05, 0.1) is 5.69 Å². The molecule has 0 radical (unpaired) electrons. The quantitative estimate of drug-likeness (QED) is 0.536. The Morgan fingerprint density at radius 2 is 1.97 bits per heavy atom. The number of imidazole rings is 1. The van der Waals surface area contributed by atoms with Crippen molar-refractivity contribution in [3.05, 3.63) is 66.1 Å². The molecular formula is C23H29N5O. The summed E-state index contributed by atoms with van der Waals surface area (Å²) >= 11 is 0. The van der Waals surface area contributed by atoms with Gasteiger partial charge in [0.1, 0.15) is 17.5 Å². The molecule has 29 heavy (non-hydrogen) atoms. The Hall–Kier alpha value is -3.02. The van der Waals surface area contributed by atoms with Gasteiger partial charge in [0.15, 0.2) is 5.96 Å². The second-order valence-corrected chi connectivity index (χ2v) is 7.50. The van der Waals surface area contributed by atoms with Gasteiger partial charge in [0, 0.05) is 58.3 Å². The van der Waals surface area contributed by atoms with Crippen LogP contribution < -0.4 is 10.1 Å². The van der Waals surface area contributed by atoms with Gasteiger partial charge in [-0.1, -0.05) is 24.3 Å². The predicted molar refractivity (Wildman–Crippen MR) is 117 cm³/mol. The van der Waals surface area contributed by atoms with Crippen molar-refractivity contribution in [2.75, 3.05) is 26.7 Å². The number of nitrogens with one attached hydrogen (secondary N) is 1. The summed E-state index contributed by atoms with van der Waals surface area (Å²) in [5, 5.41) is 3.50. The maximum absolute atomic E-state index is 6.10. The van der Waals surface area contributed by atoms with Crippen molar-refractivity contribution < 1.29 is 4.74 Å². The smallest absolute Gasteiger partial charge is 0.193 e. The number of piperidine rings is 1. The molecule has 3 heterocycles. The van der Waals surface area contributed by atoms with Crippen molar-refractivity contribution in [3.63, 3.8) is 0 Å². The molecule has 152 valence electrons. The van der Waals surface area contributed by atoms with Crippen LogP contribution in [0, 0.1) is 6.92 Å². The summed E-state index contributed by atoms with van der Waals surface area (Å²) in [5.74, 6) is 1.92. The molecule has 1 saturated heterocycles. The second kappa shape index (κ2) is 8.99. The number of nitrogens with zero attached hydrogens (tertiary/aromatic N) is 4. The van der Waals surface area contributed by atoms with Gasteiger partial charge >= 0.3 is 0 Å². The van der Waals surface area contributed by atoms with Crippen molar-refractivity contribution in [2.45, 2.75) is 32.3 Å². The Labute approximate surface area is 172 Å².